The average Bonchev–Trinajstić information content (AvgIpc) is 2.80. The monoisotopic (exact) mass is 240 g/mol. The van der Waals surface area contributed by atoms with Gasteiger partial charge in [0.1, 0.15) is 0 Å². The Hall–Kier alpha value is -1.57. The molecular formula is C16H16O2. The Kier molecular flexibility index (Phi) is 2.14. The molecule has 0 spiro atoms. The number of benzene rings is 1. The molecule has 0 bridgehead atoms. The van der Waals surface area contributed by atoms with Crippen molar-refractivity contribution in [3.63, 3.8) is 0 Å². The molecule has 2 aliphatic carbocycles. The lowest BCUT2D eigenvalue weighted by Crippen LogP contribution is -2.32. The summed E-state index contributed by atoms with van der Waals surface area (Å²) >= 11 is 0. The van der Waals surface area contributed by atoms with Gasteiger partial charge in [-0.3, -0.25) is 4.79 Å². The number of hydrogen-bond acceptors (Lipinski definition) is 2. The number of aryl methyl sites for hydroxylation is 1. The van der Waals surface area contributed by atoms with E-state index in [2.05, 4.69) is 30.3 Å². The van der Waals surface area contributed by atoms with Crippen molar-refractivity contribution in [2.24, 2.45) is 17.8 Å². The van der Waals surface area contributed by atoms with Crippen LogP contribution in [-0.4, -0.2) is 12.6 Å². The van der Waals surface area contributed by atoms with Crippen molar-refractivity contribution in [2.75, 3.05) is 6.61 Å². The first kappa shape index (κ1) is 10.4. The van der Waals surface area contributed by atoms with Crippen molar-refractivity contribution in [3.05, 3.63) is 41.5 Å². The van der Waals surface area contributed by atoms with Crippen LogP contribution in [0.1, 0.15) is 24.0 Å². The second-order valence-electron chi connectivity index (χ2n) is 5.61. The van der Waals surface area contributed by atoms with Gasteiger partial charge in [0.2, 0.25) is 0 Å². The summed E-state index contributed by atoms with van der Waals surface area (Å²) in [5, 5.41) is 0. The molecule has 18 heavy (non-hydrogen) atoms. The van der Waals surface area contributed by atoms with Gasteiger partial charge >= 0.3 is 5.97 Å². The highest BCUT2D eigenvalue weighted by molar-refractivity contribution is 5.82. The molecule has 3 aliphatic rings. The van der Waals surface area contributed by atoms with Crippen LogP contribution < -0.4 is 0 Å². The number of rotatable bonds is 0. The van der Waals surface area contributed by atoms with Gasteiger partial charge < -0.3 is 4.74 Å². The van der Waals surface area contributed by atoms with Gasteiger partial charge in [-0.05, 0) is 41.9 Å². The summed E-state index contributed by atoms with van der Waals surface area (Å²) in [5.41, 5.74) is 4.20. The smallest absolute Gasteiger partial charge is 0.309 e. The summed E-state index contributed by atoms with van der Waals surface area (Å²) < 4.78 is 5.26. The lowest BCUT2D eigenvalue weighted by Gasteiger charge is -2.36. The fourth-order valence-corrected chi connectivity index (χ4v) is 3.89. The quantitative estimate of drug-likeness (QED) is 0.652. The molecule has 1 aliphatic heterocycles. The molecule has 2 nitrogen and oxygen atoms in total. The molecule has 0 amide bonds. The van der Waals surface area contributed by atoms with Crippen molar-refractivity contribution < 1.29 is 9.53 Å². The number of cyclic esters (lactones) is 1. The third kappa shape index (κ3) is 1.32. The van der Waals surface area contributed by atoms with Crippen LogP contribution in [0.4, 0.5) is 0 Å². The van der Waals surface area contributed by atoms with Gasteiger partial charge in [0.15, 0.2) is 0 Å². The van der Waals surface area contributed by atoms with Crippen LogP contribution >= 0.6 is 0 Å². The molecule has 0 saturated carbocycles. The molecule has 0 aromatic heterocycles. The van der Waals surface area contributed by atoms with E-state index in [1.54, 1.807) is 0 Å². The highest BCUT2D eigenvalue weighted by Crippen LogP contribution is 2.48. The minimum Gasteiger partial charge on any atom is -0.465 e. The molecule has 2 heteroatoms. The Bertz CT molecular complexity index is 544. The van der Waals surface area contributed by atoms with E-state index in [1.165, 1.54) is 16.7 Å². The Morgan fingerprint density at radius 2 is 2.11 bits per heavy atom. The first-order chi connectivity index (χ1) is 8.84. The van der Waals surface area contributed by atoms with Crippen molar-refractivity contribution in [1.82, 2.24) is 0 Å². The zero-order valence-corrected chi connectivity index (χ0v) is 10.3. The Balaban J connectivity index is 1.81. The number of fused-ring (bicyclic) bond motifs is 5. The molecule has 1 aromatic rings. The van der Waals surface area contributed by atoms with Gasteiger partial charge in [0.05, 0.1) is 12.5 Å². The third-order valence-electron chi connectivity index (χ3n) is 4.75. The second-order valence-corrected chi connectivity index (χ2v) is 5.61. The van der Waals surface area contributed by atoms with Crippen molar-refractivity contribution >= 4 is 11.5 Å². The molecule has 1 saturated heterocycles. The van der Waals surface area contributed by atoms with E-state index < -0.39 is 0 Å². The summed E-state index contributed by atoms with van der Waals surface area (Å²) in [6.07, 6.45) is 5.54. The molecule has 1 heterocycles. The van der Waals surface area contributed by atoms with Gasteiger partial charge in [-0.1, -0.05) is 30.3 Å². The summed E-state index contributed by atoms with van der Waals surface area (Å²) in [4.78, 5) is 11.9. The first-order valence-corrected chi connectivity index (χ1v) is 6.79. The number of carbonyl (C=O) groups is 1. The number of hydrogen-bond donors (Lipinski definition) is 0. The van der Waals surface area contributed by atoms with E-state index in [-0.39, 0.29) is 11.9 Å². The van der Waals surface area contributed by atoms with Crippen LogP contribution in [0.25, 0.3) is 5.57 Å². The maximum absolute atomic E-state index is 11.9. The van der Waals surface area contributed by atoms with E-state index in [1.807, 2.05) is 0 Å². The van der Waals surface area contributed by atoms with Gasteiger partial charge in [0, 0.05) is 5.92 Å². The van der Waals surface area contributed by atoms with Gasteiger partial charge in [-0.15, -0.1) is 0 Å². The first-order valence-electron chi connectivity index (χ1n) is 6.79. The van der Waals surface area contributed by atoms with E-state index in [0.29, 0.717) is 18.4 Å². The Labute approximate surface area is 107 Å². The normalized spacial score (nSPS) is 33.0. The molecule has 4 rings (SSSR count). The molecule has 92 valence electrons. The molecule has 1 fully saturated rings. The fourth-order valence-electron chi connectivity index (χ4n) is 3.89. The Morgan fingerprint density at radius 3 is 3.06 bits per heavy atom. The van der Waals surface area contributed by atoms with Crippen molar-refractivity contribution in [2.45, 2.75) is 19.3 Å². The number of carbonyl (C=O) groups excluding carboxylic acids is 1. The second kappa shape index (κ2) is 3.71. The summed E-state index contributed by atoms with van der Waals surface area (Å²) in [7, 11) is 0. The molecule has 0 radical (unpaired) electrons. The molecular weight excluding hydrogens is 224 g/mol. The maximum atomic E-state index is 11.9. The minimum atomic E-state index is 0.0370. The Morgan fingerprint density at radius 1 is 1.22 bits per heavy atom. The highest BCUT2D eigenvalue weighted by atomic mass is 16.5. The van der Waals surface area contributed by atoms with Crippen LogP contribution in [-0.2, 0) is 16.0 Å². The average molecular weight is 240 g/mol. The third-order valence-corrected chi connectivity index (χ3v) is 4.75. The largest absolute Gasteiger partial charge is 0.465 e. The van der Waals surface area contributed by atoms with Crippen LogP contribution in [0, 0.1) is 17.8 Å². The van der Waals surface area contributed by atoms with Gasteiger partial charge in [-0.25, -0.2) is 0 Å². The van der Waals surface area contributed by atoms with Gasteiger partial charge in [0.25, 0.3) is 0 Å². The minimum absolute atomic E-state index is 0.0370. The van der Waals surface area contributed by atoms with E-state index in [0.717, 1.165) is 19.3 Å². The number of allylic oxidation sites excluding steroid dienone is 2. The van der Waals surface area contributed by atoms with Crippen molar-refractivity contribution in [1.29, 1.82) is 0 Å². The molecule has 3 unspecified atom stereocenters. The van der Waals surface area contributed by atoms with Crippen LogP contribution in [0.3, 0.4) is 0 Å². The lowest BCUT2D eigenvalue weighted by molar-refractivity contribution is -0.142. The summed E-state index contributed by atoms with van der Waals surface area (Å²) in [5.74, 6) is 0.985. The number of ether oxygens (including phenoxy) is 1. The molecule has 3 atom stereocenters. The molecule has 1 aromatic carbocycles. The van der Waals surface area contributed by atoms with E-state index >= 15 is 0 Å². The van der Waals surface area contributed by atoms with E-state index in [9.17, 15) is 4.79 Å². The van der Waals surface area contributed by atoms with Crippen LogP contribution in [0.2, 0.25) is 0 Å². The zero-order chi connectivity index (χ0) is 12.1. The zero-order valence-electron chi connectivity index (χ0n) is 10.3. The predicted octanol–water partition coefficient (Wildman–Crippen LogP) is 2.83. The highest BCUT2D eigenvalue weighted by Gasteiger charge is 2.46. The summed E-state index contributed by atoms with van der Waals surface area (Å²) in [6, 6.07) is 8.62. The SMILES string of the molecule is O=C1OCC2CC=C3c4ccccc4CCC3C12. The molecule has 0 N–H and O–H groups in total. The number of esters is 1. The standard InChI is InChI=1S/C16H16O2/c17-16-15-11(9-18-16)6-7-13-12-4-2-1-3-10(12)5-8-14(13)15/h1-4,7,11,14-15H,5-6,8-9H2. The summed E-state index contributed by atoms with van der Waals surface area (Å²) in [6.45, 7) is 0.630. The van der Waals surface area contributed by atoms with Gasteiger partial charge in [-0.2, -0.15) is 0 Å². The lowest BCUT2D eigenvalue weighted by atomic mass is 9.66. The van der Waals surface area contributed by atoms with Crippen LogP contribution in [0.15, 0.2) is 30.3 Å². The topological polar surface area (TPSA) is 26.3 Å². The van der Waals surface area contributed by atoms with E-state index in [4.69, 9.17) is 4.74 Å². The van der Waals surface area contributed by atoms with Crippen LogP contribution in [0.5, 0.6) is 0 Å². The fraction of sp³-hybridized carbons (Fsp3) is 0.438. The predicted molar refractivity (Wildman–Crippen MR) is 68.8 cm³/mol. The van der Waals surface area contributed by atoms with Crippen molar-refractivity contribution in [3.8, 4) is 0 Å². The maximum Gasteiger partial charge on any atom is 0.309 e.